The second-order valence-electron chi connectivity index (χ2n) is 12.8. The summed E-state index contributed by atoms with van der Waals surface area (Å²) in [6.07, 6.45) is 0.782. The second kappa shape index (κ2) is 17.5. The number of aldehydes is 1. The molecule has 1 aromatic heterocycles. The summed E-state index contributed by atoms with van der Waals surface area (Å²) in [6.45, 7) is 7.64. The molecular weight excluding hydrogens is 729 g/mol. The molecule has 0 bridgehead atoms. The molecule has 5 aromatic rings. The smallest absolute Gasteiger partial charge is 0.342 e. The molecular formula is C41H44N2O11S. The first-order chi connectivity index (χ1) is 26.4. The topological polar surface area (TPSA) is 154 Å². The van der Waals surface area contributed by atoms with Crippen LogP contribution in [0.2, 0.25) is 0 Å². The van der Waals surface area contributed by atoms with Crippen molar-refractivity contribution in [2.75, 3.05) is 35.5 Å². The Bertz CT molecular complexity index is 2130. The van der Waals surface area contributed by atoms with Crippen LogP contribution in [0.4, 0.5) is 0 Å². The Morgan fingerprint density at radius 1 is 0.727 bits per heavy atom. The van der Waals surface area contributed by atoms with Crippen molar-refractivity contribution in [3.8, 4) is 40.2 Å². The first-order valence-corrected chi connectivity index (χ1v) is 18.0. The van der Waals surface area contributed by atoms with Crippen LogP contribution in [0, 0.1) is 0 Å². The SMILES string of the molecule is COc1cc(C=O)cc(OC)c1OC(C)C.COc1ccc(C2(O)OC(=O)C(c3ccc4nsnc4c3)=C2Cc2cc(OC)c(OC(C)C)c(OC)c2)cc1. The highest BCUT2D eigenvalue weighted by Gasteiger charge is 2.48. The van der Waals surface area contributed by atoms with Crippen molar-refractivity contribution in [2.45, 2.75) is 52.1 Å². The van der Waals surface area contributed by atoms with Gasteiger partial charge in [0.05, 0.1) is 65.1 Å². The quantitative estimate of drug-likeness (QED) is 0.0894. The van der Waals surface area contributed by atoms with Gasteiger partial charge in [-0.3, -0.25) is 4.79 Å². The Morgan fingerprint density at radius 2 is 1.25 bits per heavy atom. The molecule has 0 fully saturated rings. The van der Waals surface area contributed by atoms with Crippen molar-refractivity contribution in [2.24, 2.45) is 0 Å². The third-order valence-corrected chi connectivity index (χ3v) is 8.96. The summed E-state index contributed by atoms with van der Waals surface area (Å²) in [6, 6.07) is 18.9. The fraction of sp³-hybridized carbons (Fsp3) is 0.317. The van der Waals surface area contributed by atoms with Crippen LogP contribution in [0.15, 0.2) is 72.3 Å². The van der Waals surface area contributed by atoms with Crippen molar-refractivity contribution >= 4 is 40.6 Å². The summed E-state index contributed by atoms with van der Waals surface area (Å²) in [4.78, 5) is 24.1. The number of methoxy groups -OCH3 is 5. The number of esters is 1. The summed E-state index contributed by atoms with van der Waals surface area (Å²) >= 11 is 1.09. The summed E-state index contributed by atoms with van der Waals surface area (Å²) in [5, 5.41) is 12.0. The van der Waals surface area contributed by atoms with E-state index in [0.29, 0.717) is 73.6 Å². The number of fused-ring (bicyclic) bond motifs is 1. The number of hydrogen-bond donors (Lipinski definition) is 1. The van der Waals surface area contributed by atoms with Gasteiger partial charge in [-0.05, 0) is 99.5 Å². The maximum absolute atomic E-state index is 13.4. The lowest BCUT2D eigenvalue weighted by Gasteiger charge is -2.26. The zero-order valence-corrected chi connectivity index (χ0v) is 32.9. The molecule has 0 radical (unpaired) electrons. The zero-order chi connectivity index (χ0) is 39.9. The first-order valence-electron chi connectivity index (χ1n) is 17.2. The average molecular weight is 773 g/mol. The number of ether oxygens (including phenoxy) is 8. The molecule has 0 amide bonds. The van der Waals surface area contributed by atoms with Crippen molar-refractivity contribution in [1.82, 2.24) is 8.75 Å². The van der Waals surface area contributed by atoms with Crippen LogP contribution in [0.5, 0.6) is 40.2 Å². The number of rotatable bonds is 14. The average Bonchev–Trinajstić information content (AvgIpc) is 3.75. The number of carbonyl (C=O) groups is 2. The summed E-state index contributed by atoms with van der Waals surface area (Å²) in [7, 11) is 7.69. The molecule has 4 aromatic carbocycles. The number of hydrogen-bond acceptors (Lipinski definition) is 14. The number of benzene rings is 4. The van der Waals surface area contributed by atoms with Crippen LogP contribution in [0.1, 0.15) is 54.7 Å². The molecule has 55 heavy (non-hydrogen) atoms. The molecule has 290 valence electrons. The lowest BCUT2D eigenvalue weighted by atomic mass is 9.88. The van der Waals surface area contributed by atoms with E-state index in [2.05, 4.69) is 8.75 Å². The van der Waals surface area contributed by atoms with Gasteiger partial charge < -0.3 is 43.0 Å². The highest BCUT2D eigenvalue weighted by atomic mass is 32.1. The van der Waals surface area contributed by atoms with Gasteiger partial charge in [0.1, 0.15) is 23.1 Å². The largest absolute Gasteiger partial charge is 0.497 e. The van der Waals surface area contributed by atoms with Crippen molar-refractivity contribution in [3.63, 3.8) is 0 Å². The van der Waals surface area contributed by atoms with Gasteiger partial charge in [0.25, 0.3) is 5.79 Å². The van der Waals surface area contributed by atoms with Crippen molar-refractivity contribution in [3.05, 3.63) is 94.6 Å². The van der Waals surface area contributed by atoms with Crippen molar-refractivity contribution < 1.29 is 52.6 Å². The number of aliphatic hydroxyl groups is 1. The maximum atomic E-state index is 13.4. The van der Waals surface area contributed by atoms with Gasteiger partial charge in [0.2, 0.25) is 11.5 Å². The highest BCUT2D eigenvalue weighted by Crippen LogP contribution is 2.47. The molecule has 1 atom stereocenters. The molecule has 2 heterocycles. The predicted molar refractivity (Wildman–Crippen MR) is 207 cm³/mol. The molecule has 0 aliphatic carbocycles. The van der Waals surface area contributed by atoms with Gasteiger partial charge in [0.15, 0.2) is 23.0 Å². The predicted octanol–water partition coefficient (Wildman–Crippen LogP) is 7.21. The first kappa shape index (κ1) is 40.3. The monoisotopic (exact) mass is 772 g/mol. The maximum Gasteiger partial charge on any atom is 0.342 e. The van der Waals surface area contributed by atoms with Crippen LogP contribution in [-0.2, 0) is 21.7 Å². The Kier molecular flexibility index (Phi) is 12.8. The molecule has 13 nitrogen and oxygen atoms in total. The van der Waals surface area contributed by atoms with E-state index in [-0.39, 0.29) is 24.2 Å². The number of cyclic esters (lactones) is 1. The second-order valence-corrected chi connectivity index (χ2v) is 13.3. The zero-order valence-electron chi connectivity index (χ0n) is 32.1. The normalized spacial score (nSPS) is 15.0. The summed E-state index contributed by atoms with van der Waals surface area (Å²) < 4.78 is 52.7. The van der Waals surface area contributed by atoms with Gasteiger partial charge in [-0.15, -0.1) is 0 Å². The number of nitrogens with zero attached hydrogens (tertiary/aromatic N) is 2. The minimum Gasteiger partial charge on any atom is -0.497 e. The van der Waals surface area contributed by atoms with Gasteiger partial charge >= 0.3 is 5.97 Å². The minimum absolute atomic E-state index is 0.00452. The molecule has 1 aliphatic heterocycles. The summed E-state index contributed by atoms with van der Waals surface area (Å²) in [5.41, 5.74) is 4.15. The van der Waals surface area contributed by atoms with E-state index in [1.165, 1.54) is 14.2 Å². The van der Waals surface area contributed by atoms with Crippen LogP contribution in [0.3, 0.4) is 0 Å². The van der Waals surface area contributed by atoms with Crippen LogP contribution in [0.25, 0.3) is 16.6 Å². The fourth-order valence-corrected chi connectivity index (χ4v) is 6.46. The van der Waals surface area contributed by atoms with Gasteiger partial charge in [-0.1, -0.05) is 6.07 Å². The molecule has 1 N–H and O–H groups in total. The molecule has 1 aliphatic rings. The Morgan fingerprint density at radius 3 is 1.75 bits per heavy atom. The van der Waals surface area contributed by atoms with Gasteiger partial charge in [-0.2, -0.15) is 8.75 Å². The molecule has 0 saturated heterocycles. The standard InChI is InChI=1S/C29H28N2O7S.C12H16O4/c1-16(2)37-27-24(35-4)13-17(14-25(27)36-5)12-21-26(18-6-11-22-23(15-18)31-39-30-22)28(32)38-29(21,33)19-7-9-20(34-3)10-8-19;1-8(2)16-12-10(14-3)5-9(7-13)6-11(12)15-4/h6-11,13-16,33H,12H2,1-5H3;5-8H,1-4H3. The Labute approximate surface area is 323 Å². The third-order valence-electron chi connectivity index (χ3n) is 8.41. The van der Waals surface area contributed by atoms with Crippen LogP contribution < -0.4 is 33.2 Å². The highest BCUT2D eigenvalue weighted by molar-refractivity contribution is 7.00. The minimum atomic E-state index is -2.03. The van der Waals surface area contributed by atoms with Gasteiger partial charge in [0, 0.05) is 23.1 Å². The number of aromatic nitrogens is 2. The third kappa shape index (κ3) is 8.76. The molecule has 0 spiro atoms. The van der Waals surface area contributed by atoms with E-state index in [1.807, 2.05) is 27.7 Å². The van der Waals surface area contributed by atoms with E-state index < -0.39 is 11.8 Å². The van der Waals surface area contributed by atoms with Crippen LogP contribution in [-0.4, -0.2) is 73.9 Å². The molecule has 14 heteroatoms. The van der Waals surface area contributed by atoms with Gasteiger partial charge in [-0.25, -0.2) is 4.79 Å². The van der Waals surface area contributed by atoms with E-state index in [1.54, 1.807) is 88.1 Å². The van der Waals surface area contributed by atoms with E-state index in [0.717, 1.165) is 23.5 Å². The van der Waals surface area contributed by atoms with E-state index in [4.69, 9.17) is 37.9 Å². The molecule has 1 unspecified atom stereocenters. The fourth-order valence-electron chi connectivity index (χ4n) is 5.94. The van der Waals surface area contributed by atoms with E-state index >= 15 is 0 Å². The summed E-state index contributed by atoms with van der Waals surface area (Å²) in [5.74, 6) is 0.844. The van der Waals surface area contributed by atoms with Crippen LogP contribution >= 0.6 is 11.7 Å². The molecule has 0 saturated carbocycles. The van der Waals surface area contributed by atoms with E-state index in [9.17, 15) is 14.7 Å². The lowest BCUT2D eigenvalue weighted by Crippen LogP contribution is -2.29. The Hall–Kier alpha value is -5.86. The van der Waals surface area contributed by atoms with Crippen molar-refractivity contribution in [1.29, 1.82) is 0 Å². The molecule has 6 rings (SSSR count). The lowest BCUT2D eigenvalue weighted by molar-refractivity contribution is -0.185. The number of carbonyl (C=O) groups excluding carboxylic acids is 2. The Balaban J connectivity index is 0.000000305.